The highest BCUT2D eigenvalue weighted by atomic mass is 16.4. The average Bonchev–Trinajstić information content (AvgIpc) is 2.64. The molecule has 2 unspecified atom stereocenters. The normalized spacial score (nSPS) is 35.0. The zero-order chi connectivity index (χ0) is 14.5. The second-order valence-corrected chi connectivity index (χ2v) is 6.57. The monoisotopic (exact) mass is 281 g/mol. The molecule has 2 rings (SSSR count). The lowest BCUT2D eigenvalue weighted by Crippen LogP contribution is -2.46. The zero-order valence-corrected chi connectivity index (χ0v) is 12.4. The number of amides is 1. The lowest BCUT2D eigenvalue weighted by Gasteiger charge is -2.31. The standard InChI is InChI=1S/C16H27NO3/c1-11-7-5-6-8-12(11)15(18)17-14-10-4-2-3-9-13(14)16(19)20/h11-14H,2-10H2,1H3,(H,17,18)(H,19,20)/t11?,12?,13-,14+/m1/s1. The third-order valence-electron chi connectivity index (χ3n) is 5.11. The van der Waals surface area contributed by atoms with Crippen molar-refractivity contribution >= 4 is 11.9 Å². The molecule has 1 amide bonds. The summed E-state index contributed by atoms with van der Waals surface area (Å²) in [6, 6.07) is -0.170. The number of aliphatic carboxylic acids is 1. The molecule has 0 bridgehead atoms. The molecule has 2 fully saturated rings. The maximum Gasteiger partial charge on any atom is 0.308 e. The van der Waals surface area contributed by atoms with E-state index in [2.05, 4.69) is 12.2 Å². The fourth-order valence-corrected chi connectivity index (χ4v) is 3.77. The lowest BCUT2D eigenvalue weighted by molar-refractivity contribution is -0.143. The Morgan fingerprint density at radius 2 is 1.50 bits per heavy atom. The summed E-state index contributed by atoms with van der Waals surface area (Å²) in [6.45, 7) is 2.14. The maximum atomic E-state index is 12.5. The Labute approximate surface area is 121 Å². The van der Waals surface area contributed by atoms with E-state index in [4.69, 9.17) is 0 Å². The van der Waals surface area contributed by atoms with Crippen molar-refractivity contribution in [1.29, 1.82) is 0 Å². The highest BCUT2D eigenvalue weighted by Crippen LogP contribution is 2.31. The Morgan fingerprint density at radius 1 is 0.900 bits per heavy atom. The summed E-state index contributed by atoms with van der Waals surface area (Å²) < 4.78 is 0. The first kappa shape index (κ1) is 15.3. The molecule has 0 aliphatic heterocycles. The van der Waals surface area contributed by atoms with Gasteiger partial charge in [0.25, 0.3) is 0 Å². The van der Waals surface area contributed by atoms with E-state index in [0.29, 0.717) is 12.3 Å². The molecule has 0 aromatic rings. The minimum atomic E-state index is -0.756. The maximum absolute atomic E-state index is 12.5. The van der Waals surface area contributed by atoms with Crippen LogP contribution < -0.4 is 5.32 Å². The van der Waals surface area contributed by atoms with Crippen molar-refractivity contribution in [2.75, 3.05) is 0 Å². The van der Waals surface area contributed by atoms with Crippen LogP contribution in [0, 0.1) is 17.8 Å². The number of nitrogens with one attached hydrogen (secondary N) is 1. The second kappa shape index (κ2) is 7.09. The van der Waals surface area contributed by atoms with E-state index in [-0.39, 0.29) is 17.9 Å². The van der Waals surface area contributed by atoms with Crippen molar-refractivity contribution in [3.8, 4) is 0 Å². The number of rotatable bonds is 3. The number of hydrogen-bond acceptors (Lipinski definition) is 2. The average molecular weight is 281 g/mol. The molecule has 2 N–H and O–H groups in total. The highest BCUT2D eigenvalue weighted by Gasteiger charge is 2.34. The number of carbonyl (C=O) groups excluding carboxylic acids is 1. The van der Waals surface area contributed by atoms with E-state index in [1.165, 1.54) is 6.42 Å². The minimum absolute atomic E-state index is 0.0847. The molecule has 4 nitrogen and oxygen atoms in total. The molecule has 0 spiro atoms. The van der Waals surface area contributed by atoms with Crippen LogP contribution in [-0.4, -0.2) is 23.0 Å². The van der Waals surface area contributed by atoms with Crippen molar-refractivity contribution < 1.29 is 14.7 Å². The van der Waals surface area contributed by atoms with Crippen LogP contribution in [0.2, 0.25) is 0 Å². The SMILES string of the molecule is CC1CCCCC1C(=O)N[C@H]1CCCCC[C@H]1C(=O)O. The molecular weight excluding hydrogens is 254 g/mol. The summed E-state index contributed by atoms with van der Waals surface area (Å²) in [5, 5.41) is 12.4. The molecule has 114 valence electrons. The van der Waals surface area contributed by atoms with Crippen molar-refractivity contribution in [3.05, 3.63) is 0 Å². The molecule has 0 heterocycles. The van der Waals surface area contributed by atoms with Gasteiger partial charge in [-0.2, -0.15) is 0 Å². The van der Waals surface area contributed by atoms with Crippen LogP contribution >= 0.6 is 0 Å². The van der Waals surface area contributed by atoms with Gasteiger partial charge in [0, 0.05) is 12.0 Å². The van der Waals surface area contributed by atoms with Crippen LogP contribution in [0.3, 0.4) is 0 Å². The summed E-state index contributed by atoms with van der Waals surface area (Å²) in [6.07, 6.45) is 8.97. The number of hydrogen-bond donors (Lipinski definition) is 2. The zero-order valence-electron chi connectivity index (χ0n) is 12.4. The fourth-order valence-electron chi connectivity index (χ4n) is 3.77. The van der Waals surface area contributed by atoms with Gasteiger partial charge in [-0.25, -0.2) is 0 Å². The smallest absolute Gasteiger partial charge is 0.308 e. The first-order valence-electron chi connectivity index (χ1n) is 8.12. The summed E-state index contributed by atoms with van der Waals surface area (Å²) in [7, 11) is 0. The molecule has 2 aliphatic carbocycles. The molecule has 0 saturated heterocycles. The van der Waals surface area contributed by atoms with E-state index in [0.717, 1.165) is 44.9 Å². The predicted molar refractivity (Wildman–Crippen MR) is 77.3 cm³/mol. The summed E-state index contributed by atoms with van der Waals surface area (Å²) in [5.41, 5.74) is 0. The molecule has 4 heteroatoms. The van der Waals surface area contributed by atoms with Crippen LogP contribution in [-0.2, 0) is 9.59 Å². The van der Waals surface area contributed by atoms with E-state index in [9.17, 15) is 14.7 Å². The van der Waals surface area contributed by atoms with Crippen molar-refractivity contribution in [1.82, 2.24) is 5.32 Å². The Hall–Kier alpha value is -1.06. The fraction of sp³-hybridized carbons (Fsp3) is 0.875. The van der Waals surface area contributed by atoms with Crippen LogP contribution in [0.4, 0.5) is 0 Å². The predicted octanol–water partition coefficient (Wildman–Crippen LogP) is 2.96. The first-order chi connectivity index (χ1) is 9.59. The Bertz CT molecular complexity index is 356. The van der Waals surface area contributed by atoms with Gasteiger partial charge in [0.1, 0.15) is 0 Å². The van der Waals surface area contributed by atoms with Gasteiger partial charge in [-0.3, -0.25) is 9.59 Å². The molecule has 20 heavy (non-hydrogen) atoms. The van der Waals surface area contributed by atoms with E-state index < -0.39 is 11.9 Å². The largest absolute Gasteiger partial charge is 0.481 e. The Morgan fingerprint density at radius 3 is 2.20 bits per heavy atom. The van der Waals surface area contributed by atoms with Gasteiger partial charge in [0.2, 0.25) is 5.91 Å². The van der Waals surface area contributed by atoms with Crippen molar-refractivity contribution in [2.45, 2.75) is 70.8 Å². The Kier molecular flexibility index (Phi) is 5.44. The van der Waals surface area contributed by atoms with Gasteiger partial charge >= 0.3 is 5.97 Å². The van der Waals surface area contributed by atoms with Crippen LogP contribution in [0.15, 0.2) is 0 Å². The van der Waals surface area contributed by atoms with Crippen LogP contribution in [0.1, 0.15) is 64.7 Å². The molecule has 0 aromatic heterocycles. The van der Waals surface area contributed by atoms with Crippen molar-refractivity contribution in [3.63, 3.8) is 0 Å². The van der Waals surface area contributed by atoms with Crippen LogP contribution in [0.5, 0.6) is 0 Å². The van der Waals surface area contributed by atoms with Gasteiger partial charge in [-0.05, 0) is 31.6 Å². The topological polar surface area (TPSA) is 66.4 Å². The van der Waals surface area contributed by atoms with Gasteiger partial charge in [-0.1, -0.05) is 39.0 Å². The second-order valence-electron chi connectivity index (χ2n) is 6.57. The minimum Gasteiger partial charge on any atom is -0.481 e. The number of carbonyl (C=O) groups is 2. The molecule has 0 radical (unpaired) electrons. The van der Waals surface area contributed by atoms with Gasteiger partial charge in [0.15, 0.2) is 0 Å². The summed E-state index contributed by atoms with van der Waals surface area (Å²) in [5.74, 6) is -0.552. The lowest BCUT2D eigenvalue weighted by atomic mass is 9.79. The third kappa shape index (κ3) is 3.74. The quantitative estimate of drug-likeness (QED) is 0.782. The highest BCUT2D eigenvalue weighted by molar-refractivity contribution is 5.80. The summed E-state index contributed by atoms with van der Waals surface area (Å²) in [4.78, 5) is 23.8. The van der Waals surface area contributed by atoms with E-state index in [1.54, 1.807) is 0 Å². The van der Waals surface area contributed by atoms with Crippen LogP contribution in [0.25, 0.3) is 0 Å². The van der Waals surface area contributed by atoms with E-state index in [1.807, 2.05) is 0 Å². The van der Waals surface area contributed by atoms with Crippen molar-refractivity contribution in [2.24, 2.45) is 17.8 Å². The number of carboxylic acid groups (broad SMARTS) is 1. The molecule has 0 aromatic carbocycles. The molecule has 4 atom stereocenters. The van der Waals surface area contributed by atoms with E-state index >= 15 is 0 Å². The van der Waals surface area contributed by atoms with Gasteiger partial charge in [0.05, 0.1) is 5.92 Å². The van der Waals surface area contributed by atoms with Gasteiger partial charge in [-0.15, -0.1) is 0 Å². The molecule has 2 saturated carbocycles. The van der Waals surface area contributed by atoms with Gasteiger partial charge < -0.3 is 10.4 Å². The molecular formula is C16H27NO3. The molecule has 2 aliphatic rings. The Balaban J connectivity index is 1.98. The number of carboxylic acids is 1. The third-order valence-corrected chi connectivity index (χ3v) is 5.11. The first-order valence-corrected chi connectivity index (χ1v) is 8.12. The summed E-state index contributed by atoms with van der Waals surface area (Å²) >= 11 is 0.